The minimum atomic E-state index is -0.299. The number of H-pyrrole nitrogens is 1. The Morgan fingerprint density at radius 2 is 2.00 bits per heavy atom. The van der Waals surface area contributed by atoms with Gasteiger partial charge in [0.1, 0.15) is 5.82 Å². The number of fused-ring (bicyclic) bond motifs is 2. The lowest BCUT2D eigenvalue weighted by Gasteiger charge is -2.09. The van der Waals surface area contributed by atoms with Crippen LogP contribution in [0.5, 0.6) is 0 Å². The summed E-state index contributed by atoms with van der Waals surface area (Å²) in [6, 6.07) is 15.5. The van der Waals surface area contributed by atoms with E-state index in [2.05, 4.69) is 38.5 Å². The van der Waals surface area contributed by atoms with Crippen LogP contribution in [0.1, 0.15) is 57.1 Å². The lowest BCUT2D eigenvalue weighted by molar-refractivity contribution is 0.0950. The number of aromatic nitrogens is 3. The van der Waals surface area contributed by atoms with Crippen molar-refractivity contribution in [1.82, 2.24) is 20.3 Å². The Kier molecular flexibility index (Phi) is 5.29. The highest BCUT2D eigenvalue weighted by molar-refractivity contribution is 5.94. The van der Waals surface area contributed by atoms with Gasteiger partial charge in [-0.3, -0.25) is 14.8 Å². The zero-order chi connectivity index (χ0) is 23.9. The zero-order valence-electron chi connectivity index (χ0n) is 19.4. The molecule has 0 aliphatic heterocycles. The molecule has 1 aliphatic rings. The molecule has 3 heterocycles. The summed E-state index contributed by atoms with van der Waals surface area (Å²) >= 11 is 0. The quantitative estimate of drug-likeness (QED) is 0.326. The number of benzene rings is 2. The minimum absolute atomic E-state index is 0.115. The van der Waals surface area contributed by atoms with Gasteiger partial charge in [-0.05, 0) is 78.8 Å². The first-order chi connectivity index (χ1) is 17.0. The Morgan fingerprint density at radius 3 is 2.86 bits per heavy atom. The summed E-state index contributed by atoms with van der Waals surface area (Å²) in [5.74, 6) is 0.109. The maximum Gasteiger partial charge on any atom is 0.251 e. The third-order valence-corrected chi connectivity index (χ3v) is 6.78. The van der Waals surface area contributed by atoms with Crippen LogP contribution in [0.3, 0.4) is 0 Å². The Labute approximate surface area is 202 Å². The van der Waals surface area contributed by atoms with Crippen LogP contribution in [-0.2, 0) is 13.0 Å². The number of hydrogen-bond donors (Lipinski definition) is 2. The van der Waals surface area contributed by atoms with Gasteiger partial charge in [0, 0.05) is 64.7 Å². The molecule has 6 rings (SSSR count). The summed E-state index contributed by atoms with van der Waals surface area (Å²) in [6.45, 7) is 1.98. The Balaban J connectivity index is 1.17. The molecule has 0 atom stereocenters. The Hall–Kier alpha value is -4.06. The zero-order valence-corrected chi connectivity index (χ0v) is 19.4. The lowest BCUT2D eigenvalue weighted by Crippen LogP contribution is -2.23. The van der Waals surface area contributed by atoms with Crippen molar-refractivity contribution < 1.29 is 9.18 Å². The number of aromatic amines is 1. The second kappa shape index (κ2) is 8.62. The number of rotatable bonds is 6. The van der Waals surface area contributed by atoms with E-state index in [-0.39, 0.29) is 18.3 Å². The number of amides is 1. The molecule has 174 valence electrons. The number of hydrogen-bond acceptors (Lipinski definition) is 3. The smallest absolute Gasteiger partial charge is 0.251 e. The Bertz CT molecular complexity index is 1590. The van der Waals surface area contributed by atoms with Crippen LogP contribution in [0.4, 0.5) is 4.39 Å². The molecule has 0 spiro atoms. The molecule has 1 saturated carbocycles. The fraction of sp³-hybridized carbons (Fsp3) is 0.207. The molecule has 0 bridgehead atoms. The molecule has 5 nitrogen and oxygen atoms in total. The first kappa shape index (κ1) is 21.5. The van der Waals surface area contributed by atoms with Crippen LogP contribution in [0.15, 0.2) is 67.1 Å². The van der Waals surface area contributed by atoms with E-state index in [4.69, 9.17) is 0 Å². The third kappa shape index (κ3) is 4.28. The van der Waals surface area contributed by atoms with Crippen LogP contribution in [0.2, 0.25) is 0 Å². The van der Waals surface area contributed by atoms with Crippen molar-refractivity contribution in [3.63, 3.8) is 0 Å². The third-order valence-electron chi connectivity index (χ3n) is 6.78. The van der Waals surface area contributed by atoms with Gasteiger partial charge in [0.05, 0.1) is 5.52 Å². The van der Waals surface area contributed by atoms with Gasteiger partial charge in [-0.1, -0.05) is 12.1 Å². The van der Waals surface area contributed by atoms with Gasteiger partial charge in [0.25, 0.3) is 5.91 Å². The van der Waals surface area contributed by atoms with E-state index < -0.39 is 0 Å². The van der Waals surface area contributed by atoms with E-state index >= 15 is 0 Å². The van der Waals surface area contributed by atoms with Crippen LogP contribution >= 0.6 is 0 Å². The van der Waals surface area contributed by atoms with Crippen molar-refractivity contribution in [2.24, 2.45) is 0 Å². The summed E-state index contributed by atoms with van der Waals surface area (Å²) in [5, 5.41) is 4.55. The van der Waals surface area contributed by atoms with Crippen LogP contribution in [0, 0.1) is 12.7 Å². The molecule has 6 heteroatoms. The number of nitrogens with one attached hydrogen (secondary N) is 2. The van der Waals surface area contributed by atoms with Crippen molar-refractivity contribution in [3.05, 3.63) is 106 Å². The van der Waals surface area contributed by atoms with Crippen LogP contribution in [-0.4, -0.2) is 20.9 Å². The molecule has 1 amide bonds. The molecule has 0 saturated heterocycles. The highest BCUT2D eigenvalue weighted by Gasteiger charge is 2.23. The first-order valence-corrected chi connectivity index (χ1v) is 11.9. The molecule has 1 aliphatic carbocycles. The second-order valence-corrected chi connectivity index (χ2v) is 9.40. The molecular formula is C29H25FN4O. The van der Waals surface area contributed by atoms with Gasteiger partial charge in [0.2, 0.25) is 0 Å². The van der Waals surface area contributed by atoms with Gasteiger partial charge < -0.3 is 10.3 Å². The summed E-state index contributed by atoms with van der Waals surface area (Å²) in [4.78, 5) is 24.9. The molecule has 1 fully saturated rings. The van der Waals surface area contributed by atoms with Gasteiger partial charge in [0.15, 0.2) is 0 Å². The van der Waals surface area contributed by atoms with E-state index in [1.165, 1.54) is 18.4 Å². The van der Waals surface area contributed by atoms with E-state index in [1.807, 2.05) is 25.3 Å². The number of aryl methyl sites for hydroxylation is 1. The molecular weight excluding hydrogens is 439 g/mol. The maximum absolute atomic E-state index is 14.9. The Morgan fingerprint density at radius 1 is 1.11 bits per heavy atom. The van der Waals surface area contributed by atoms with Crippen molar-refractivity contribution in [2.75, 3.05) is 0 Å². The van der Waals surface area contributed by atoms with E-state index in [1.54, 1.807) is 30.6 Å². The van der Waals surface area contributed by atoms with Crippen LogP contribution in [0.25, 0.3) is 21.8 Å². The maximum atomic E-state index is 14.9. The number of carbonyl (C=O) groups is 1. The second-order valence-electron chi connectivity index (χ2n) is 9.40. The number of carbonyl (C=O) groups excluding carboxylic acids is 1. The number of pyridine rings is 2. The average Bonchev–Trinajstić information content (AvgIpc) is 3.65. The molecule has 0 unspecified atom stereocenters. The largest absolute Gasteiger partial charge is 0.361 e. The fourth-order valence-corrected chi connectivity index (χ4v) is 4.67. The topological polar surface area (TPSA) is 70.7 Å². The predicted molar refractivity (Wildman–Crippen MR) is 135 cm³/mol. The predicted octanol–water partition coefficient (Wildman–Crippen LogP) is 5.96. The van der Waals surface area contributed by atoms with Gasteiger partial charge >= 0.3 is 0 Å². The van der Waals surface area contributed by atoms with E-state index in [0.29, 0.717) is 28.9 Å². The molecule has 5 aromatic rings. The van der Waals surface area contributed by atoms with Crippen molar-refractivity contribution in [3.8, 4) is 0 Å². The van der Waals surface area contributed by atoms with Crippen molar-refractivity contribution >= 4 is 27.7 Å². The van der Waals surface area contributed by atoms with Gasteiger partial charge in [-0.2, -0.15) is 0 Å². The summed E-state index contributed by atoms with van der Waals surface area (Å²) in [6.07, 6.45) is 8.54. The number of nitrogens with zero attached hydrogens (tertiary/aromatic N) is 2. The molecule has 2 N–H and O–H groups in total. The van der Waals surface area contributed by atoms with E-state index in [9.17, 15) is 9.18 Å². The highest BCUT2D eigenvalue weighted by Crippen LogP contribution is 2.40. The monoisotopic (exact) mass is 464 g/mol. The fourth-order valence-electron chi connectivity index (χ4n) is 4.67. The number of halogens is 1. The van der Waals surface area contributed by atoms with Gasteiger partial charge in [-0.25, -0.2) is 4.39 Å². The summed E-state index contributed by atoms with van der Waals surface area (Å²) < 4.78 is 14.9. The molecule has 35 heavy (non-hydrogen) atoms. The van der Waals surface area contributed by atoms with Crippen LogP contribution < -0.4 is 5.32 Å². The highest BCUT2D eigenvalue weighted by atomic mass is 19.1. The minimum Gasteiger partial charge on any atom is -0.361 e. The van der Waals surface area contributed by atoms with Crippen molar-refractivity contribution in [1.29, 1.82) is 0 Å². The molecule has 0 radical (unpaired) electrons. The average molecular weight is 465 g/mol. The van der Waals surface area contributed by atoms with Gasteiger partial charge in [-0.15, -0.1) is 0 Å². The standard InChI is InChI=1S/C29H25FN4O/c1-17-14-32-26-7-5-21(28(30)27(17)26)15-34-29(35)20-8-9-31-24(13-20)11-18-2-6-25-22(10-18)12-23(16-33-25)19-3-4-19/h2,5-10,12-14,16,19,32H,3-4,11,15H2,1H3,(H,34,35). The molecule has 3 aromatic heterocycles. The SMILES string of the molecule is Cc1c[nH]c2ccc(CNC(=O)c3ccnc(Cc4ccc5ncc(C6CC6)cc5c4)c3)c(F)c12. The summed E-state index contributed by atoms with van der Waals surface area (Å²) in [5.41, 5.74) is 6.78. The molecule has 2 aromatic carbocycles. The van der Waals surface area contributed by atoms with Crippen molar-refractivity contribution in [2.45, 2.75) is 38.6 Å². The summed E-state index contributed by atoms with van der Waals surface area (Å²) in [7, 11) is 0. The lowest BCUT2D eigenvalue weighted by atomic mass is 10.0. The first-order valence-electron chi connectivity index (χ1n) is 11.9. The van der Waals surface area contributed by atoms with E-state index in [0.717, 1.165) is 33.2 Å². The normalized spacial score (nSPS) is 13.4.